The van der Waals surface area contributed by atoms with E-state index in [2.05, 4.69) is 33.0 Å². The molecule has 17 heavy (non-hydrogen) atoms. The molecular weight excluding hydrogens is 210 g/mol. The lowest BCUT2D eigenvalue weighted by molar-refractivity contribution is 0.0878. The van der Waals surface area contributed by atoms with Gasteiger partial charge in [0.2, 0.25) is 0 Å². The number of hydrogen-bond acceptors (Lipinski definition) is 2. The maximum Gasteiger partial charge on any atom is 0.0591 e. The molecule has 0 aliphatic heterocycles. The quantitative estimate of drug-likeness (QED) is 0.719. The zero-order valence-electron chi connectivity index (χ0n) is 12.0. The first-order chi connectivity index (χ1) is 8.00. The molecule has 1 N–H and O–H groups in total. The SMILES string of the molecule is CCCOCCNC1C2(C)CCC(C2)C1(C)C. The Morgan fingerprint density at radius 1 is 1.24 bits per heavy atom. The maximum atomic E-state index is 5.56. The third kappa shape index (κ3) is 2.39. The van der Waals surface area contributed by atoms with E-state index in [1.54, 1.807) is 0 Å². The number of rotatable bonds is 6. The zero-order valence-corrected chi connectivity index (χ0v) is 12.0. The second kappa shape index (κ2) is 4.89. The summed E-state index contributed by atoms with van der Waals surface area (Å²) in [6.07, 6.45) is 5.39. The van der Waals surface area contributed by atoms with Crippen LogP contribution < -0.4 is 5.32 Å². The molecule has 0 aromatic heterocycles. The molecule has 0 heterocycles. The highest BCUT2D eigenvalue weighted by atomic mass is 16.5. The van der Waals surface area contributed by atoms with Gasteiger partial charge in [0.15, 0.2) is 0 Å². The van der Waals surface area contributed by atoms with E-state index in [-0.39, 0.29) is 0 Å². The van der Waals surface area contributed by atoms with Crippen LogP contribution in [0.25, 0.3) is 0 Å². The van der Waals surface area contributed by atoms with Gasteiger partial charge in [0.25, 0.3) is 0 Å². The fourth-order valence-corrected chi connectivity index (χ4v) is 4.33. The molecule has 0 aromatic rings. The van der Waals surface area contributed by atoms with E-state index in [1.807, 2.05) is 0 Å². The summed E-state index contributed by atoms with van der Waals surface area (Å²) >= 11 is 0. The van der Waals surface area contributed by atoms with Crippen molar-refractivity contribution in [1.29, 1.82) is 0 Å². The zero-order chi connectivity index (χ0) is 12.5. The van der Waals surface area contributed by atoms with Crippen molar-refractivity contribution in [2.75, 3.05) is 19.8 Å². The van der Waals surface area contributed by atoms with Crippen LogP contribution in [0.2, 0.25) is 0 Å². The molecule has 2 nitrogen and oxygen atoms in total. The lowest BCUT2D eigenvalue weighted by Gasteiger charge is -2.43. The smallest absolute Gasteiger partial charge is 0.0591 e. The first-order valence-electron chi connectivity index (χ1n) is 7.32. The molecule has 3 atom stereocenters. The van der Waals surface area contributed by atoms with Crippen molar-refractivity contribution in [3.05, 3.63) is 0 Å². The first kappa shape index (κ1) is 13.4. The van der Waals surface area contributed by atoms with Crippen LogP contribution >= 0.6 is 0 Å². The lowest BCUT2D eigenvalue weighted by atomic mass is 9.68. The minimum Gasteiger partial charge on any atom is -0.380 e. The number of nitrogens with one attached hydrogen (secondary N) is 1. The topological polar surface area (TPSA) is 21.3 Å². The van der Waals surface area contributed by atoms with Crippen molar-refractivity contribution >= 4 is 0 Å². The fraction of sp³-hybridized carbons (Fsp3) is 1.00. The third-order valence-electron chi connectivity index (χ3n) is 5.21. The molecule has 3 unspecified atom stereocenters. The van der Waals surface area contributed by atoms with E-state index < -0.39 is 0 Å². The molecule has 2 heteroatoms. The monoisotopic (exact) mass is 239 g/mol. The second-order valence-corrected chi connectivity index (χ2v) is 6.91. The summed E-state index contributed by atoms with van der Waals surface area (Å²) in [6, 6.07) is 0.680. The number of hydrogen-bond donors (Lipinski definition) is 1. The van der Waals surface area contributed by atoms with Gasteiger partial charge in [0, 0.05) is 19.2 Å². The van der Waals surface area contributed by atoms with Gasteiger partial charge in [-0.2, -0.15) is 0 Å². The van der Waals surface area contributed by atoms with E-state index in [4.69, 9.17) is 4.74 Å². The van der Waals surface area contributed by atoms with Crippen molar-refractivity contribution in [3.63, 3.8) is 0 Å². The van der Waals surface area contributed by atoms with E-state index >= 15 is 0 Å². The van der Waals surface area contributed by atoms with Gasteiger partial charge in [0.05, 0.1) is 6.61 Å². The number of fused-ring (bicyclic) bond motifs is 2. The molecule has 100 valence electrons. The molecule has 2 bridgehead atoms. The van der Waals surface area contributed by atoms with Crippen LogP contribution in [0.3, 0.4) is 0 Å². The average molecular weight is 239 g/mol. The Morgan fingerprint density at radius 3 is 2.59 bits per heavy atom. The van der Waals surface area contributed by atoms with Crippen LogP contribution in [0, 0.1) is 16.7 Å². The molecule has 0 aromatic carbocycles. The molecule has 2 saturated carbocycles. The molecule has 2 rings (SSSR count). The molecule has 0 spiro atoms. The summed E-state index contributed by atoms with van der Waals surface area (Å²) in [7, 11) is 0. The van der Waals surface area contributed by atoms with Crippen LogP contribution in [0.1, 0.15) is 53.4 Å². The van der Waals surface area contributed by atoms with Gasteiger partial charge in [-0.05, 0) is 42.4 Å². The van der Waals surface area contributed by atoms with Crippen LogP contribution in [0.4, 0.5) is 0 Å². The maximum absolute atomic E-state index is 5.56. The Labute approximate surface area is 107 Å². The molecular formula is C15H29NO. The predicted molar refractivity (Wildman–Crippen MR) is 72.1 cm³/mol. The minimum atomic E-state index is 0.470. The Bertz CT molecular complexity index is 259. The average Bonchev–Trinajstić information content (AvgIpc) is 2.73. The van der Waals surface area contributed by atoms with Gasteiger partial charge in [0.1, 0.15) is 0 Å². The van der Waals surface area contributed by atoms with Crippen molar-refractivity contribution < 1.29 is 4.74 Å². The van der Waals surface area contributed by atoms with Crippen LogP contribution in [-0.2, 0) is 4.74 Å². The summed E-state index contributed by atoms with van der Waals surface area (Å²) < 4.78 is 5.56. The van der Waals surface area contributed by atoms with Gasteiger partial charge >= 0.3 is 0 Å². The number of ether oxygens (including phenoxy) is 1. The molecule has 2 fully saturated rings. The summed E-state index contributed by atoms with van der Waals surface area (Å²) in [5, 5.41) is 3.78. The first-order valence-corrected chi connectivity index (χ1v) is 7.32. The van der Waals surface area contributed by atoms with Crippen molar-refractivity contribution in [2.24, 2.45) is 16.7 Å². The van der Waals surface area contributed by atoms with Crippen molar-refractivity contribution in [3.8, 4) is 0 Å². The highest BCUT2D eigenvalue weighted by Crippen LogP contribution is 2.62. The van der Waals surface area contributed by atoms with Crippen LogP contribution in [-0.4, -0.2) is 25.8 Å². The van der Waals surface area contributed by atoms with Gasteiger partial charge in [-0.3, -0.25) is 0 Å². The van der Waals surface area contributed by atoms with Gasteiger partial charge in [-0.15, -0.1) is 0 Å². The molecule has 2 aliphatic rings. The minimum absolute atomic E-state index is 0.470. The predicted octanol–water partition coefficient (Wildman–Crippen LogP) is 3.22. The van der Waals surface area contributed by atoms with Crippen molar-refractivity contribution in [2.45, 2.75) is 59.4 Å². The molecule has 0 saturated heterocycles. The van der Waals surface area contributed by atoms with E-state index in [9.17, 15) is 0 Å². The van der Waals surface area contributed by atoms with Crippen LogP contribution in [0.15, 0.2) is 0 Å². The van der Waals surface area contributed by atoms with Crippen molar-refractivity contribution in [1.82, 2.24) is 5.32 Å². The Kier molecular flexibility index (Phi) is 3.84. The van der Waals surface area contributed by atoms with Crippen LogP contribution in [0.5, 0.6) is 0 Å². The summed E-state index contributed by atoms with van der Waals surface area (Å²) in [6.45, 7) is 12.3. The molecule has 0 radical (unpaired) electrons. The largest absolute Gasteiger partial charge is 0.380 e. The fourth-order valence-electron chi connectivity index (χ4n) is 4.33. The summed E-state index contributed by atoms with van der Waals surface area (Å²) in [5.74, 6) is 0.932. The van der Waals surface area contributed by atoms with E-state index in [0.717, 1.165) is 32.1 Å². The molecule has 0 amide bonds. The lowest BCUT2D eigenvalue weighted by Crippen LogP contribution is -2.51. The third-order valence-corrected chi connectivity index (χ3v) is 5.21. The highest BCUT2D eigenvalue weighted by molar-refractivity contribution is 5.11. The van der Waals surface area contributed by atoms with Gasteiger partial charge in [-0.1, -0.05) is 27.7 Å². The Hall–Kier alpha value is -0.0800. The summed E-state index contributed by atoms with van der Waals surface area (Å²) in [4.78, 5) is 0. The Balaban J connectivity index is 1.83. The molecule has 2 aliphatic carbocycles. The van der Waals surface area contributed by atoms with E-state index in [1.165, 1.54) is 19.3 Å². The highest BCUT2D eigenvalue weighted by Gasteiger charge is 2.58. The summed E-state index contributed by atoms with van der Waals surface area (Å²) in [5.41, 5.74) is 1.01. The Morgan fingerprint density at radius 2 is 2.00 bits per heavy atom. The van der Waals surface area contributed by atoms with Gasteiger partial charge in [-0.25, -0.2) is 0 Å². The standard InChI is InChI=1S/C15H29NO/c1-5-9-17-10-8-16-13-14(2,3)12-6-7-15(13,4)11-12/h12-13,16H,5-11H2,1-4H3. The second-order valence-electron chi connectivity index (χ2n) is 6.91. The normalized spacial score (nSPS) is 38.8. The van der Waals surface area contributed by atoms with E-state index in [0.29, 0.717) is 16.9 Å². The van der Waals surface area contributed by atoms with Gasteiger partial charge < -0.3 is 10.1 Å².